The maximum Gasteiger partial charge on any atom is 0.490 e. The number of hydrogen-bond acceptors (Lipinski definition) is 7. The number of anilines is 1. The van der Waals surface area contributed by atoms with Crippen molar-refractivity contribution in [3.63, 3.8) is 0 Å². The molecule has 38 heavy (non-hydrogen) atoms. The third-order valence-corrected chi connectivity index (χ3v) is 5.41. The van der Waals surface area contributed by atoms with Crippen LogP contribution in [-0.4, -0.2) is 77.2 Å². The van der Waals surface area contributed by atoms with Crippen LogP contribution in [0.3, 0.4) is 0 Å². The quantitative estimate of drug-likeness (QED) is 0.452. The fraction of sp³-hybridized carbons (Fsp3) is 0.292. The van der Waals surface area contributed by atoms with Gasteiger partial charge >= 0.3 is 12.1 Å². The van der Waals surface area contributed by atoms with E-state index >= 15 is 0 Å². The van der Waals surface area contributed by atoms with Gasteiger partial charge in [0.25, 0.3) is 5.91 Å². The Kier molecular flexibility index (Phi) is 8.55. The summed E-state index contributed by atoms with van der Waals surface area (Å²) in [6.07, 6.45) is -2.99. The number of amides is 2. The third kappa shape index (κ3) is 6.78. The number of methoxy groups -OCH3 is 1. The van der Waals surface area contributed by atoms with Crippen LogP contribution in [0.25, 0.3) is 11.3 Å². The summed E-state index contributed by atoms with van der Waals surface area (Å²) in [6, 6.07) is 10.8. The molecule has 0 radical (unpaired) electrons. The molecule has 1 aromatic heterocycles. The number of aliphatic carboxylic acids is 1. The van der Waals surface area contributed by atoms with Crippen LogP contribution in [0.4, 0.5) is 18.9 Å². The first-order valence-electron chi connectivity index (χ1n) is 11.0. The summed E-state index contributed by atoms with van der Waals surface area (Å²) in [5, 5.41) is 20.5. The van der Waals surface area contributed by atoms with Gasteiger partial charge in [0.15, 0.2) is 0 Å². The second kappa shape index (κ2) is 11.6. The Morgan fingerprint density at radius 3 is 2.47 bits per heavy atom. The largest absolute Gasteiger partial charge is 0.497 e. The predicted molar refractivity (Wildman–Crippen MR) is 128 cm³/mol. The van der Waals surface area contributed by atoms with E-state index < -0.39 is 18.1 Å². The van der Waals surface area contributed by atoms with Crippen LogP contribution >= 0.6 is 0 Å². The van der Waals surface area contributed by atoms with Crippen molar-refractivity contribution in [2.45, 2.75) is 12.6 Å². The van der Waals surface area contributed by atoms with Gasteiger partial charge in [-0.15, -0.1) is 0 Å². The minimum absolute atomic E-state index is 0.213. The average molecular weight is 535 g/mol. The van der Waals surface area contributed by atoms with Gasteiger partial charge in [-0.2, -0.15) is 28.6 Å². The number of nitrogens with zero attached hydrogens (tertiary/aromatic N) is 3. The van der Waals surface area contributed by atoms with Gasteiger partial charge in [0.2, 0.25) is 5.91 Å². The SMILES string of the molecule is COc1ccc2c(c1)CC(C(=O)Nc1ccc(-c3cn[nH]n3)cc1C(=O)N(C)C)CO2.O=C(O)C(F)(F)F. The second-order valence-corrected chi connectivity index (χ2v) is 8.29. The molecule has 1 aliphatic heterocycles. The van der Waals surface area contributed by atoms with E-state index in [1.54, 1.807) is 45.6 Å². The number of carbonyl (C=O) groups is 3. The van der Waals surface area contributed by atoms with E-state index in [1.807, 2.05) is 18.2 Å². The van der Waals surface area contributed by atoms with Crippen LogP contribution in [0.5, 0.6) is 11.5 Å². The first-order valence-corrected chi connectivity index (χ1v) is 11.0. The standard InChI is InChI=1S/C22H23N5O4.C2HF3O2/c1-27(2)22(29)17-10-13(19-11-23-26-25-19)4-6-18(17)24-21(28)15-8-14-9-16(30-3)5-7-20(14)31-12-15;3-2(4,5)1(6)7/h4-7,9-11,15H,8,12H2,1-3H3,(H,24,28)(H,23,25,26);(H,6,7). The Morgan fingerprint density at radius 1 is 1.18 bits per heavy atom. The number of rotatable bonds is 5. The number of carboxylic acids is 1. The smallest absolute Gasteiger partial charge is 0.490 e. The molecule has 0 saturated carbocycles. The second-order valence-electron chi connectivity index (χ2n) is 8.29. The lowest BCUT2D eigenvalue weighted by Crippen LogP contribution is -2.33. The molecule has 0 saturated heterocycles. The lowest BCUT2D eigenvalue weighted by Gasteiger charge is -2.25. The van der Waals surface area contributed by atoms with Crippen molar-refractivity contribution < 1.29 is 42.1 Å². The molecular weight excluding hydrogens is 511 g/mol. The molecule has 202 valence electrons. The highest BCUT2D eigenvalue weighted by Crippen LogP contribution is 2.32. The molecule has 0 aliphatic carbocycles. The van der Waals surface area contributed by atoms with Crippen LogP contribution in [0.2, 0.25) is 0 Å². The van der Waals surface area contributed by atoms with E-state index in [1.165, 1.54) is 4.90 Å². The van der Waals surface area contributed by atoms with E-state index in [0.29, 0.717) is 29.1 Å². The van der Waals surface area contributed by atoms with Crippen LogP contribution in [-0.2, 0) is 16.0 Å². The van der Waals surface area contributed by atoms with Crippen molar-refractivity contribution in [3.8, 4) is 22.8 Å². The van der Waals surface area contributed by atoms with Crippen LogP contribution in [0.1, 0.15) is 15.9 Å². The van der Waals surface area contributed by atoms with Crippen molar-refractivity contribution in [1.82, 2.24) is 20.3 Å². The number of alkyl halides is 3. The Bertz CT molecular complexity index is 1310. The summed E-state index contributed by atoms with van der Waals surface area (Å²) in [5.74, 6) is -2.12. The summed E-state index contributed by atoms with van der Waals surface area (Å²) in [7, 11) is 4.92. The first-order chi connectivity index (χ1) is 17.9. The molecule has 14 heteroatoms. The average Bonchev–Trinajstić information content (AvgIpc) is 3.42. The van der Waals surface area contributed by atoms with Gasteiger partial charge in [-0.1, -0.05) is 6.07 Å². The summed E-state index contributed by atoms with van der Waals surface area (Å²) in [5.41, 5.74) is 3.05. The lowest BCUT2D eigenvalue weighted by molar-refractivity contribution is -0.192. The van der Waals surface area contributed by atoms with Gasteiger partial charge in [-0.3, -0.25) is 9.59 Å². The molecule has 4 rings (SSSR count). The molecule has 3 aromatic rings. The molecule has 0 spiro atoms. The van der Waals surface area contributed by atoms with E-state index in [2.05, 4.69) is 20.7 Å². The van der Waals surface area contributed by atoms with Crippen molar-refractivity contribution in [3.05, 3.63) is 53.7 Å². The van der Waals surface area contributed by atoms with Crippen molar-refractivity contribution >= 4 is 23.5 Å². The van der Waals surface area contributed by atoms with Crippen molar-refractivity contribution in [2.75, 3.05) is 33.1 Å². The number of carboxylic acid groups (broad SMARTS) is 1. The highest BCUT2D eigenvalue weighted by atomic mass is 19.4. The van der Waals surface area contributed by atoms with E-state index in [4.69, 9.17) is 19.4 Å². The third-order valence-electron chi connectivity index (χ3n) is 5.41. The van der Waals surface area contributed by atoms with E-state index in [0.717, 1.165) is 16.9 Å². The summed E-state index contributed by atoms with van der Waals surface area (Å²) >= 11 is 0. The van der Waals surface area contributed by atoms with Crippen molar-refractivity contribution in [2.24, 2.45) is 5.92 Å². The number of ether oxygens (including phenoxy) is 2. The molecule has 0 fully saturated rings. The number of hydrogen-bond donors (Lipinski definition) is 3. The number of aromatic amines is 1. The summed E-state index contributed by atoms with van der Waals surface area (Å²) < 4.78 is 42.8. The number of aromatic nitrogens is 3. The van der Waals surface area contributed by atoms with Crippen LogP contribution in [0, 0.1) is 5.92 Å². The zero-order valence-electron chi connectivity index (χ0n) is 20.5. The number of carbonyl (C=O) groups excluding carboxylic acids is 2. The Hall–Kier alpha value is -4.62. The molecule has 11 nitrogen and oxygen atoms in total. The molecule has 1 aliphatic rings. The maximum atomic E-state index is 13.0. The molecule has 2 aromatic carbocycles. The van der Waals surface area contributed by atoms with Gasteiger partial charge in [-0.25, -0.2) is 4.79 Å². The Morgan fingerprint density at radius 2 is 1.89 bits per heavy atom. The van der Waals surface area contributed by atoms with E-state index in [-0.39, 0.29) is 18.4 Å². The van der Waals surface area contributed by atoms with Crippen LogP contribution in [0.15, 0.2) is 42.6 Å². The molecular formula is C24H24F3N5O6. The minimum atomic E-state index is -5.08. The highest BCUT2D eigenvalue weighted by molar-refractivity contribution is 6.05. The number of H-pyrrole nitrogens is 1. The van der Waals surface area contributed by atoms with Gasteiger partial charge in [0, 0.05) is 19.7 Å². The normalized spacial score (nSPS) is 14.2. The van der Waals surface area contributed by atoms with Gasteiger partial charge < -0.3 is 24.8 Å². The Labute approximate surface area is 214 Å². The minimum Gasteiger partial charge on any atom is -0.497 e. The zero-order chi connectivity index (χ0) is 28.0. The molecule has 0 bridgehead atoms. The highest BCUT2D eigenvalue weighted by Gasteiger charge is 2.38. The molecule has 3 N–H and O–H groups in total. The lowest BCUT2D eigenvalue weighted by atomic mass is 9.95. The number of nitrogens with one attached hydrogen (secondary N) is 2. The monoisotopic (exact) mass is 535 g/mol. The Balaban J connectivity index is 0.000000505. The van der Waals surface area contributed by atoms with Crippen LogP contribution < -0.4 is 14.8 Å². The van der Waals surface area contributed by atoms with Crippen molar-refractivity contribution in [1.29, 1.82) is 0 Å². The number of halogens is 3. The maximum absolute atomic E-state index is 13.0. The molecule has 2 heterocycles. The fourth-order valence-electron chi connectivity index (χ4n) is 3.47. The molecule has 1 atom stereocenters. The van der Waals surface area contributed by atoms with Gasteiger partial charge in [0.05, 0.1) is 30.5 Å². The summed E-state index contributed by atoms with van der Waals surface area (Å²) in [6.45, 7) is 0.263. The number of fused-ring (bicyclic) bond motifs is 1. The topological polar surface area (TPSA) is 147 Å². The van der Waals surface area contributed by atoms with E-state index in [9.17, 15) is 22.8 Å². The fourth-order valence-corrected chi connectivity index (χ4v) is 3.47. The zero-order valence-corrected chi connectivity index (χ0v) is 20.5. The van der Waals surface area contributed by atoms with Gasteiger partial charge in [0.1, 0.15) is 23.8 Å². The predicted octanol–water partition coefficient (Wildman–Crippen LogP) is 3.01. The first kappa shape index (κ1) is 28.0. The van der Waals surface area contributed by atoms with Gasteiger partial charge in [-0.05, 0) is 42.3 Å². The summed E-state index contributed by atoms with van der Waals surface area (Å²) in [4.78, 5) is 36.1. The molecule has 2 amide bonds. The molecule has 1 unspecified atom stereocenters. The number of benzene rings is 2.